The monoisotopic (exact) mass is 429 g/mol. The molecule has 148 valence electrons. The highest BCUT2D eigenvalue weighted by Crippen LogP contribution is 2.35. The van der Waals surface area contributed by atoms with Crippen LogP contribution in [0.5, 0.6) is 0 Å². The van der Waals surface area contributed by atoms with E-state index >= 15 is 0 Å². The smallest absolute Gasteiger partial charge is 0.286 e. The molecule has 1 amide bonds. The van der Waals surface area contributed by atoms with Crippen molar-refractivity contribution in [2.45, 2.75) is 18.0 Å². The fraction of sp³-hybridized carbons (Fsp3) is 0.235. The van der Waals surface area contributed by atoms with Crippen LogP contribution in [0.1, 0.15) is 22.3 Å². The van der Waals surface area contributed by atoms with Gasteiger partial charge in [-0.1, -0.05) is 42.5 Å². The van der Waals surface area contributed by atoms with E-state index in [-0.39, 0.29) is 32.7 Å². The molecule has 0 radical (unpaired) electrons. The number of carbonyl (C=O) groups is 1. The van der Waals surface area contributed by atoms with Gasteiger partial charge in [0.05, 0.1) is 16.2 Å². The number of carbonyl (C=O) groups excluding carboxylic acids is 1. The second kappa shape index (κ2) is 7.13. The highest BCUT2D eigenvalue weighted by molar-refractivity contribution is 7.91. The molecular formula is C17H14F3N3O3S2. The molecule has 0 N–H and O–H groups in total. The minimum Gasteiger partial charge on any atom is -0.286 e. The van der Waals surface area contributed by atoms with E-state index < -0.39 is 26.9 Å². The van der Waals surface area contributed by atoms with E-state index in [1.54, 1.807) is 24.3 Å². The molecule has 0 saturated carbocycles. The number of alkyl halides is 3. The Balaban J connectivity index is 2.12. The molecule has 11 heteroatoms. The lowest BCUT2D eigenvalue weighted by atomic mass is 10.1. The summed E-state index contributed by atoms with van der Waals surface area (Å²) in [5, 5.41) is 6.24. The zero-order valence-corrected chi connectivity index (χ0v) is 16.3. The normalized spacial score (nSPS) is 12.3. The van der Waals surface area contributed by atoms with Crippen LogP contribution in [0.15, 0.2) is 41.3 Å². The van der Waals surface area contributed by atoms with Gasteiger partial charge in [-0.2, -0.15) is 13.2 Å². The summed E-state index contributed by atoms with van der Waals surface area (Å²) in [6.45, 7) is 1.45. The number of rotatable bonds is 4. The zero-order chi connectivity index (χ0) is 20.7. The number of hydrogen-bond acceptors (Lipinski definition) is 6. The second-order valence-corrected chi connectivity index (χ2v) is 9.05. The van der Waals surface area contributed by atoms with E-state index in [0.717, 1.165) is 4.90 Å². The first-order valence-electron chi connectivity index (χ1n) is 7.99. The van der Waals surface area contributed by atoms with E-state index in [1.165, 1.54) is 26.1 Å². The first-order valence-corrected chi connectivity index (χ1v) is 10.5. The third-order valence-electron chi connectivity index (χ3n) is 4.04. The Morgan fingerprint density at radius 3 is 2.29 bits per heavy atom. The lowest BCUT2D eigenvalue weighted by molar-refractivity contribution is -0.138. The van der Waals surface area contributed by atoms with Crippen molar-refractivity contribution in [2.24, 2.45) is 0 Å². The molecule has 1 heterocycles. The SMILES string of the molecule is CCS(=O)(=O)c1cc2ccccc2cc1C(=O)N(C)c1nnc(C(F)(F)F)s1. The van der Waals surface area contributed by atoms with Crippen LogP contribution in [-0.2, 0) is 16.0 Å². The van der Waals surface area contributed by atoms with Crippen LogP contribution in [-0.4, -0.2) is 37.3 Å². The van der Waals surface area contributed by atoms with Gasteiger partial charge in [-0.05, 0) is 22.9 Å². The number of nitrogens with zero attached hydrogens (tertiary/aromatic N) is 3. The topological polar surface area (TPSA) is 80.2 Å². The molecular weight excluding hydrogens is 415 g/mol. The summed E-state index contributed by atoms with van der Waals surface area (Å²) in [5.74, 6) is -1.02. The summed E-state index contributed by atoms with van der Waals surface area (Å²) in [5.41, 5.74) is -0.133. The summed E-state index contributed by atoms with van der Waals surface area (Å²) < 4.78 is 63.3. The van der Waals surface area contributed by atoms with Gasteiger partial charge in [-0.25, -0.2) is 8.42 Å². The molecule has 0 spiro atoms. The van der Waals surface area contributed by atoms with Crippen molar-refractivity contribution >= 4 is 43.0 Å². The van der Waals surface area contributed by atoms with Crippen LogP contribution in [0, 0.1) is 0 Å². The number of fused-ring (bicyclic) bond motifs is 1. The molecule has 3 aromatic rings. The zero-order valence-electron chi connectivity index (χ0n) is 14.7. The van der Waals surface area contributed by atoms with Gasteiger partial charge in [0.2, 0.25) is 10.1 Å². The quantitative estimate of drug-likeness (QED) is 0.631. The first-order chi connectivity index (χ1) is 13.0. The van der Waals surface area contributed by atoms with E-state index in [0.29, 0.717) is 10.8 Å². The standard InChI is InChI=1S/C17H14F3N3O3S2/c1-3-28(25,26)13-9-11-7-5-4-6-10(11)8-12(13)14(24)23(2)16-22-21-15(27-16)17(18,19)20/h4-9H,3H2,1-2H3. The first kappa shape index (κ1) is 20.2. The highest BCUT2D eigenvalue weighted by atomic mass is 32.2. The van der Waals surface area contributed by atoms with Gasteiger partial charge in [0.25, 0.3) is 5.91 Å². The Hall–Kier alpha value is -2.53. The predicted octanol–water partition coefficient (Wildman–Crippen LogP) is 3.78. The summed E-state index contributed by atoms with van der Waals surface area (Å²) in [4.78, 5) is 13.6. The van der Waals surface area contributed by atoms with Crippen molar-refractivity contribution in [2.75, 3.05) is 17.7 Å². The maximum absolute atomic E-state index is 13.0. The van der Waals surface area contributed by atoms with Crippen molar-refractivity contribution in [3.8, 4) is 0 Å². The predicted molar refractivity (Wildman–Crippen MR) is 99.3 cm³/mol. The van der Waals surface area contributed by atoms with Crippen LogP contribution in [0.4, 0.5) is 18.3 Å². The lowest BCUT2D eigenvalue weighted by Gasteiger charge is -2.17. The van der Waals surface area contributed by atoms with E-state index in [4.69, 9.17) is 0 Å². The fourth-order valence-corrected chi connectivity index (χ4v) is 4.30. The van der Waals surface area contributed by atoms with Crippen LogP contribution in [0.3, 0.4) is 0 Å². The number of aromatic nitrogens is 2. The number of hydrogen-bond donors (Lipinski definition) is 0. The Morgan fingerprint density at radius 1 is 1.14 bits per heavy atom. The van der Waals surface area contributed by atoms with Gasteiger partial charge in [0, 0.05) is 7.05 Å². The molecule has 0 aliphatic carbocycles. The Bertz CT molecular complexity index is 1160. The van der Waals surface area contributed by atoms with Crippen molar-refractivity contribution < 1.29 is 26.4 Å². The third-order valence-corrected chi connectivity index (χ3v) is 6.85. The van der Waals surface area contributed by atoms with Gasteiger partial charge in [0.15, 0.2) is 9.84 Å². The minimum atomic E-state index is -4.68. The van der Waals surface area contributed by atoms with Crippen LogP contribution in [0.2, 0.25) is 0 Å². The average molecular weight is 429 g/mol. The largest absolute Gasteiger partial charge is 0.445 e. The van der Waals surface area contributed by atoms with Crippen LogP contribution in [0.25, 0.3) is 10.8 Å². The van der Waals surface area contributed by atoms with Crippen molar-refractivity contribution in [1.82, 2.24) is 10.2 Å². The van der Waals surface area contributed by atoms with Crippen molar-refractivity contribution in [3.63, 3.8) is 0 Å². The average Bonchev–Trinajstić information content (AvgIpc) is 3.16. The summed E-state index contributed by atoms with van der Waals surface area (Å²) in [7, 11) is -2.54. The van der Waals surface area contributed by atoms with Crippen molar-refractivity contribution in [3.05, 3.63) is 47.0 Å². The number of anilines is 1. The molecule has 0 unspecified atom stereocenters. The number of amides is 1. The molecule has 0 bridgehead atoms. The number of benzene rings is 2. The maximum Gasteiger partial charge on any atom is 0.445 e. The molecule has 0 aliphatic rings. The van der Waals surface area contributed by atoms with E-state index in [1.807, 2.05) is 0 Å². The van der Waals surface area contributed by atoms with Crippen LogP contribution < -0.4 is 4.90 Å². The van der Waals surface area contributed by atoms with Gasteiger partial charge < -0.3 is 0 Å². The van der Waals surface area contributed by atoms with Gasteiger partial charge >= 0.3 is 6.18 Å². The number of sulfone groups is 1. The minimum absolute atomic E-state index is 0.133. The molecule has 28 heavy (non-hydrogen) atoms. The van der Waals surface area contributed by atoms with E-state index in [2.05, 4.69) is 10.2 Å². The second-order valence-electron chi connectivity index (χ2n) is 5.85. The molecule has 3 rings (SSSR count). The Labute approximate surface area is 162 Å². The molecule has 0 fully saturated rings. The van der Waals surface area contributed by atoms with Crippen LogP contribution >= 0.6 is 11.3 Å². The molecule has 0 saturated heterocycles. The summed E-state index contributed by atoms with van der Waals surface area (Å²) in [6.07, 6.45) is -4.68. The summed E-state index contributed by atoms with van der Waals surface area (Å²) in [6, 6.07) is 9.70. The fourth-order valence-electron chi connectivity index (χ4n) is 2.53. The molecule has 1 aromatic heterocycles. The maximum atomic E-state index is 13.0. The molecule has 6 nitrogen and oxygen atoms in total. The summed E-state index contributed by atoms with van der Waals surface area (Å²) >= 11 is 0.202. The van der Waals surface area contributed by atoms with Gasteiger partial charge in [0.1, 0.15) is 0 Å². The van der Waals surface area contributed by atoms with Crippen molar-refractivity contribution in [1.29, 1.82) is 0 Å². The molecule has 0 atom stereocenters. The molecule has 0 aliphatic heterocycles. The molecule has 2 aromatic carbocycles. The van der Waals surface area contributed by atoms with E-state index in [9.17, 15) is 26.4 Å². The Kier molecular flexibility index (Phi) is 5.15. The number of halogens is 3. The lowest BCUT2D eigenvalue weighted by Crippen LogP contribution is -2.28. The third kappa shape index (κ3) is 3.72. The van der Waals surface area contributed by atoms with Gasteiger partial charge in [-0.3, -0.25) is 9.69 Å². The highest BCUT2D eigenvalue weighted by Gasteiger charge is 2.37. The van der Waals surface area contributed by atoms with Gasteiger partial charge in [-0.15, -0.1) is 10.2 Å². The Morgan fingerprint density at radius 2 is 1.75 bits per heavy atom.